The number of aromatic nitrogens is 2. The second-order valence-electron chi connectivity index (χ2n) is 3.71. The van der Waals surface area contributed by atoms with Crippen LogP contribution in [-0.2, 0) is 0 Å². The standard InChI is InChI=1S/C11H11N3S/c1-7(2)14-9-5-3-4-8(6-12)10(9)13-11(14)15/h3-5,7H,1-2H3,(H,13,15). The maximum Gasteiger partial charge on any atom is 0.178 e. The van der Waals surface area contributed by atoms with Crippen molar-refractivity contribution in [2.75, 3.05) is 0 Å². The average Bonchev–Trinajstić information content (AvgIpc) is 2.53. The number of hydrogen-bond acceptors (Lipinski definition) is 2. The molecule has 1 heterocycles. The Morgan fingerprint density at radius 2 is 2.20 bits per heavy atom. The van der Waals surface area contributed by atoms with Crippen LogP contribution in [-0.4, -0.2) is 9.55 Å². The number of imidazole rings is 1. The van der Waals surface area contributed by atoms with Crippen LogP contribution >= 0.6 is 12.2 Å². The zero-order valence-electron chi connectivity index (χ0n) is 8.61. The number of rotatable bonds is 1. The second kappa shape index (κ2) is 3.52. The summed E-state index contributed by atoms with van der Waals surface area (Å²) in [5.41, 5.74) is 2.46. The largest absolute Gasteiger partial charge is 0.329 e. The van der Waals surface area contributed by atoms with E-state index in [-0.39, 0.29) is 0 Å². The highest BCUT2D eigenvalue weighted by Gasteiger charge is 2.09. The van der Waals surface area contributed by atoms with Crippen LogP contribution in [0.4, 0.5) is 0 Å². The molecule has 0 unspecified atom stereocenters. The van der Waals surface area contributed by atoms with E-state index in [1.807, 2.05) is 16.7 Å². The summed E-state index contributed by atoms with van der Waals surface area (Å²) in [4.78, 5) is 3.08. The summed E-state index contributed by atoms with van der Waals surface area (Å²) in [6.07, 6.45) is 0. The van der Waals surface area contributed by atoms with Gasteiger partial charge < -0.3 is 9.55 Å². The fraction of sp³-hybridized carbons (Fsp3) is 0.273. The lowest BCUT2D eigenvalue weighted by Crippen LogP contribution is -1.99. The fourth-order valence-corrected chi connectivity index (χ4v) is 2.17. The molecule has 0 aliphatic rings. The summed E-state index contributed by atoms with van der Waals surface area (Å²) >= 11 is 5.23. The van der Waals surface area contributed by atoms with Crippen molar-refractivity contribution in [3.63, 3.8) is 0 Å². The quantitative estimate of drug-likeness (QED) is 0.746. The first-order chi connectivity index (χ1) is 7.15. The van der Waals surface area contributed by atoms with Gasteiger partial charge in [0.25, 0.3) is 0 Å². The molecular formula is C11H11N3S. The van der Waals surface area contributed by atoms with Crippen molar-refractivity contribution in [1.29, 1.82) is 5.26 Å². The van der Waals surface area contributed by atoms with Crippen LogP contribution in [0.1, 0.15) is 25.5 Å². The van der Waals surface area contributed by atoms with E-state index in [1.165, 1.54) is 0 Å². The molecule has 0 radical (unpaired) electrons. The van der Waals surface area contributed by atoms with E-state index in [1.54, 1.807) is 6.07 Å². The van der Waals surface area contributed by atoms with Crippen LogP contribution in [0, 0.1) is 16.1 Å². The van der Waals surface area contributed by atoms with Crippen LogP contribution in [0.25, 0.3) is 11.0 Å². The van der Waals surface area contributed by atoms with E-state index >= 15 is 0 Å². The van der Waals surface area contributed by atoms with Gasteiger partial charge in [-0.25, -0.2) is 0 Å². The summed E-state index contributed by atoms with van der Waals surface area (Å²) < 4.78 is 2.69. The van der Waals surface area contributed by atoms with Gasteiger partial charge in [-0.15, -0.1) is 0 Å². The van der Waals surface area contributed by atoms with E-state index in [0.29, 0.717) is 16.4 Å². The Kier molecular flexibility index (Phi) is 2.33. The summed E-state index contributed by atoms with van der Waals surface area (Å²) in [6.45, 7) is 4.14. The van der Waals surface area contributed by atoms with E-state index in [9.17, 15) is 0 Å². The minimum absolute atomic E-state index is 0.292. The molecule has 0 aliphatic heterocycles. The van der Waals surface area contributed by atoms with Crippen molar-refractivity contribution >= 4 is 23.3 Å². The van der Waals surface area contributed by atoms with Gasteiger partial charge in [-0.3, -0.25) is 0 Å². The van der Waals surface area contributed by atoms with Gasteiger partial charge >= 0.3 is 0 Å². The first-order valence-corrected chi connectivity index (χ1v) is 5.19. The average molecular weight is 217 g/mol. The molecule has 0 atom stereocenters. The van der Waals surface area contributed by atoms with Crippen LogP contribution in [0.5, 0.6) is 0 Å². The van der Waals surface area contributed by atoms with Crippen molar-refractivity contribution in [3.8, 4) is 6.07 Å². The highest BCUT2D eigenvalue weighted by atomic mass is 32.1. The lowest BCUT2D eigenvalue weighted by atomic mass is 10.2. The van der Waals surface area contributed by atoms with Crippen LogP contribution in [0.3, 0.4) is 0 Å². The minimum Gasteiger partial charge on any atom is -0.329 e. The molecule has 15 heavy (non-hydrogen) atoms. The van der Waals surface area contributed by atoms with Gasteiger partial charge in [0.05, 0.1) is 16.6 Å². The normalized spacial score (nSPS) is 10.8. The number of benzene rings is 1. The Hall–Kier alpha value is -1.60. The molecule has 0 amide bonds. The summed E-state index contributed by atoms with van der Waals surface area (Å²) in [6, 6.07) is 8.09. The van der Waals surface area contributed by atoms with Gasteiger partial charge in [-0.1, -0.05) is 6.07 Å². The molecule has 0 saturated heterocycles. The van der Waals surface area contributed by atoms with Crippen molar-refractivity contribution < 1.29 is 0 Å². The lowest BCUT2D eigenvalue weighted by Gasteiger charge is -2.07. The Labute approximate surface area is 93.0 Å². The summed E-state index contributed by atoms with van der Waals surface area (Å²) in [7, 11) is 0. The molecule has 0 saturated carbocycles. The van der Waals surface area contributed by atoms with Gasteiger partial charge in [0.2, 0.25) is 0 Å². The topological polar surface area (TPSA) is 44.5 Å². The lowest BCUT2D eigenvalue weighted by molar-refractivity contribution is 0.610. The van der Waals surface area contributed by atoms with E-state index < -0.39 is 0 Å². The number of para-hydroxylation sites is 1. The SMILES string of the molecule is CC(C)n1c(=S)[nH]c2c(C#N)cccc21. The number of hydrogen-bond donors (Lipinski definition) is 1. The molecular weight excluding hydrogens is 206 g/mol. The van der Waals surface area contributed by atoms with Crippen molar-refractivity contribution in [2.45, 2.75) is 19.9 Å². The predicted molar refractivity (Wildman–Crippen MR) is 62.2 cm³/mol. The third kappa shape index (κ3) is 1.45. The van der Waals surface area contributed by atoms with Gasteiger partial charge in [0, 0.05) is 6.04 Å². The maximum absolute atomic E-state index is 8.96. The highest BCUT2D eigenvalue weighted by molar-refractivity contribution is 7.71. The first-order valence-electron chi connectivity index (χ1n) is 4.78. The maximum atomic E-state index is 8.96. The van der Waals surface area contributed by atoms with E-state index in [0.717, 1.165) is 11.0 Å². The molecule has 1 aromatic carbocycles. The smallest absolute Gasteiger partial charge is 0.178 e. The molecule has 0 aliphatic carbocycles. The number of nitriles is 1. The van der Waals surface area contributed by atoms with E-state index in [2.05, 4.69) is 24.9 Å². The zero-order valence-corrected chi connectivity index (χ0v) is 9.43. The molecule has 0 spiro atoms. The van der Waals surface area contributed by atoms with Crippen molar-refractivity contribution in [2.24, 2.45) is 0 Å². The number of nitrogens with one attached hydrogen (secondary N) is 1. The van der Waals surface area contributed by atoms with Crippen molar-refractivity contribution in [3.05, 3.63) is 28.5 Å². The molecule has 1 aromatic heterocycles. The number of aromatic amines is 1. The van der Waals surface area contributed by atoms with Gasteiger partial charge in [-0.05, 0) is 38.2 Å². The molecule has 4 heteroatoms. The first kappa shape index (κ1) is 9.94. The summed E-state index contributed by atoms with van der Waals surface area (Å²) in [5, 5.41) is 8.96. The monoisotopic (exact) mass is 217 g/mol. The number of fused-ring (bicyclic) bond motifs is 1. The predicted octanol–water partition coefficient (Wildman–Crippen LogP) is 3.15. The van der Waals surface area contributed by atoms with Gasteiger partial charge in [0.1, 0.15) is 6.07 Å². The molecule has 3 nitrogen and oxygen atoms in total. The second-order valence-corrected chi connectivity index (χ2v) is 4.09. The third-order valence-corrected chi connectivity index (χ3v) is 2.69. The van der Waals surface area contributed by atoms with Crippen molar-refractivity contribution in [1.82, 2.24) is 9.55 Å². The van der Waals surface area contributed by atoms with E-state index in [4.69, 9.17) is 17.5 Å². The Morgan fingerprint density at radius 3 is 2.80 bits per heavy atom. The molecule has 1 N–H and O–H groups in total. The summed E-state index contributed by atoms with van der Waals surface area (Å²) in [5.74, 6) is 0. The van der Waals surface area contributed by atoms with Gasteiger partial charge in [0.15, 0.2) is 4.77 Å². The molecule has 0 fully saturated rings. The number of nitrogens with zero attached hydrogens (tertiary/aromatic N) is 2. The zero-order chi connectivity index (χ0) is 11.0. The minimum atomic E-state index is 0.292. The number of H-pyrrole nitrogens is 1. The molecule has 76 valence electrons. The van der Waals surface area contributed by atoms with Crippen LogP contribution in [0.15, 0.2) is 18.2 Å². The van der Waals surface area contributed by atoms with Crippen LogP contribution in [0.2, 0.25) is 0 Å². The van der Waals surface area contributed by atoms with Gasteiger partial charge in [-0.2, -0.15) is 5.26 Å². The molecule has 2 aromatic rings. The Morgan fingerprint density at radius 1 is 1.47 bits per heavy atom. The van der Waals surface area contributed by atoms with Crippen LogP contribution < -0.4 is 0 Å². The Balaban J connectivity index is 2.92. The highest BCUT2D eigenvalue weighted by Crippen LogP contribution is 2.21. The molecule has 2 rings (SSSR count). The third-order valence-electron chi connectivity index (χ3n) is 2.39. The molecule has 0 bridgehead atoms. The Bertz CT molecular complexity index is 598. The fourth-order valence-electron chi connectivity index (χ4n) is 1.75.